The van der Waals surface area contributed by atoms with E-state index in [1.807, 2.05) is 56.3 Å². The Labute approximate surface area is 192 Å². The first-order valence-electron chi connectivity index (χ1n) is 10.9. The van der Waals surface area contributed by atoms with Gasteiger partial charge in [-0.15, -0.1) is 0 Å². The molecule has 0 aliphatic carbocycles. The van der Waals surface area contributed by atoms with Gasteiger partial charge >= 0.3 is 0 Å². The molecule has 1 aliphatic rings. The van der Waals surface area contributed by atoms with E-state index in [4.69, 9.17) is 0 Å². The van der Waals surface area contributed by atoms with E-state index in [0.29, 0.717) is 11.3 Å². The third kappa shape index (κ3) is 4.60. The summed E-state index contributed by atoms with van der Waals surface area (Å²) in [7, 11) is 0. The fraction of sp³-hybridized carbons (Fsp3) is 0.185. The van der Waals surface area contributed by atoms with Crippen molar-refractivity contribution in [1.82, 2.24) is 0 Å². The highest BCUT2D eigenvalue weighted by molar-refractivity contribution is 6.16. The molecular formula is C27H26N2O4. The molecule has 33 heavy (non-hydrogen) atoms. The van der Waals surface area contributed by atoms with Crippen LogP contribution in [0.15, 0.2) is 90.2 Å². The van der Waals surface area contributed by atoms with Gasteiger partial charge < -0.3 is 15.5 Å². The van der Waals surface area contributed by atoms with Gasteiger partial charge in [-0.25, -0.2) is 0 Å². The van der Waals surface area contributed by atoms with Crippen molar-refractivity contribution in [2.75, 3.05) is 10.2 Å². The van der Waals surface area contributed by atoms with Crippen LogP contribution in [-0.2, 0) is 9.59 Å². The van der Waals surface area contributed by atoms with Crippen LogP contribution in [-0.4, -0.2) is 21.9 Å². The second kappa shape index (κ2) is 9.20. The number of rotatable bonds is 7. The number of carbonyl (C=O) groups excluding carboxylic acids is 2. The van der Waals surface area contributed by atoms with E-state index in [1.54, 1.807) is 24.3 Å². The van der Waals surface area contributed by atoms with Crippen LogP contribution < -0.4 is 10.2 Å². The van der Waals surface area contributed by atoms with Gasteiger partial charge in [0.15, 0.2) is 11.5 Å². The molecule has 0 spiro atoms. The van der Waals surface area contributed by atoms with E-state index in [1.165, 1.54) is 17.0 Å². The number of hydrogen-bond acceptors (Lipinski definition) is 5. The molecule has 6 heteroatoms. The molecule has 1 atom stereocenters. The fourth-order valence-electron chi connectivity index (χ4n) is 4.00. The molecule has 1 heterocycles. The minimum Gasteiger partial charge on any atom is -0.508 e. The molecule has 0 aromatic heterocycles. The number of phenols is 1. The molecular weight excluding hydrogens is 416 g/mol. The molecule has 0 radical (unpaired) electrons. The van der Waals surface area contributed by atoms with Crippen molar-refractivity contribution < 1.29 is 19.8 Å². The lowest BCUT2D eigenvalue weighted by atomic mass is 9.92. The number of carbonyl (C=O) groups is 2. The number of ketones is 1. The Morgan fingerprint density at radius 2 is 1.52 bits per heavy atom. The topological polar surface area (TPSA) is 89.9 Å². The van der Waals surface area contributed by atoms with Crippen LogP contribution in [0.1, 0.15) is 31.9 Å². The van der Waals surface area contributed by atoms with E-state index >= 15 is 0 Å². The van der Waals surface area contributed by atoms with Crippen LogP contribution in [0.25, 0.3) is 0 Å². The van der Waals surface area contributed by atoms with Crippen molar-refractivity contribution in [3.8, 4) is 5.75 Å². The molecule has 168 valence electrons. The van der Waals surface area contributed by atoms with Gasteiger partial charge in [0.25, 0.3) is 5.91 Å². The Morgan fingerprint density at radius 1 is 0.909 bits per heavy atom. The molecule has 1 amide bonds. The summed E-state index contributed by atoms with van der Waals surface area (Å²) in [4.78, 5) is 27.6. The van der Waals surface area contributed by atoms with Crippen molar-refractivity contribution >= 4 is 28.8 Å². The summed E-state index contributed by atoms with van der Waals surface area (Å²) in [5, 5.41) is 23.7. The van der Waals surface area contributed by atoms with Gasteiger partial charge in [0.1, 0.15) is 5.75 Å². The summed E-state index contributed by atoms with van der Waals surface area (Å²) in [6, 6.07) is 22.5. The molecule has 3 aromatic carbocycles. The number of nitrogens with one attached hydrogen (secondary N) is 1. The minimum atomic E-state index is -0.780. The summed E-state index contributed by atoms with van der Waals surface area (Å²) in [5.74, 6) is -1.26. The zero-order valence-electron chi connectivity index (χ0n) is 18.5. The van der Waals surface area contributed by atoms with Crippen LogP contribution in [0.5, 0.6) is 5.75 Å². The molecule has 3 aromatic rings. The molecule has 3 N–H and O–H groups in total. The Balaban J connectivity index is 1.70. The number of para-hydroxylation sites is 1. The van der Waals surface area contributed by atoms with E-state index in [-0.39, 0.29) is 29.4 Å². The number of benzene rings is 3. The van der Waals surface area contributed by atoms with E-state index in [0.717, 1.165) is 11.4 Å². The lowest BCUT2D eigenvalue weighted by Gasteiger charge is -2.27. The van der Waals surface area contributed by atoms with Crippen LogP contribution >= 0.6 is 0 Å². The number of nitrogens with zero attached hydrogens (tertiary/aromatic N) is 1. The predicted molar refractivity (Wildman–Crippen MR) is 129 cm³/mol. The van der Waals surface area contributed by atoms with E-state index in [9.17, 15) is 19.8 Å². The van der Waals surface area contributed by atoms with Crippen LogP contribution in [0.3, 0.4) is 0 Å². The van der Waals surface area contributed by atoms with Crippen molar-refractivity contribution in [3.05, 3.63) is 95.8 Å². The van der Waals surface area contributed by atoms with Gasteiger partial charge in [-0.3, -0.25) is 14.5 Å². The van der Waals surface area contributed by atoms with Crippen molar-refractivity contribution in [3.63, 3.8) is 0 Å². The summed E-state index contributed by atoms with van der Waals surface area (Å²) in [6.07, 6.45) is 0.217. The first-order valence-corrected chi connectivity index (χ1v) is 10.9. The first-order chi connectivity index (χ1) is 15.8. The maximum Gasteiger partial charge on any atom is 0.294 e. The molecule has 0 bridgehead atoms. The maximum absolute atomic E-state index is 13.1. The first kappa shape index (κ1) is 22.1. The minimum absolute atomic E-state index is 0.0748. The summed E-state index contributed by atoms with van der Waals surface area (Å²) in [5.41, 5.74) is 3.04. The highest BCUT2D eigenvalue weighted by Gasteiger charge is 2.44. The highest BCUT2D eigenvalue weighted by Crippen LogP contribution is 2.42. The fourth-order valence-corrected chi connectivity index (χ4v) is 4.00. The van der Waals surface area contributed by atoms with Gasteiger partial charge in [-0.1, -0.05) is 44.2 Å². The zero-order chi connectivity index (χ0) is 23.5. The van der Waals surface area contributed by atoms with Crippen molar-refractivity contribution in [2.45, 2.75) is 26.3 Å². The number of aromatic hydroxyl groups is 1. The quantitative estimate of drug-likeness (QED) is 0.440. The average molecular weight is 443 g/mol. The van der Waals surface area contributed by atoms with Crippen molar-refractivity contribution in [2.24, 2.45) is 5.92 Å². The van der Waals surface area contributed by atoms with Gasteiger partial charge in [0, 0.05) is 23.5 Å². The lowest BCUT2D eigenvalue weighted by molar-refractivity contribution is -0.118. The summed E-state index contributed by atoms with van der Waals surface area (Å²) >= 11 is 0. The third-order valence-corrected chi connectivity index (χ3v) is 5.52. The van der Waals surface area contributed by atoms with E-state index in [2.05, 4.69) is 5.32 Å². The number of phenolic OH excluding ortho intramolecular Hbond substituents is 1. The number of aliphatic hydroxyl groups is 1. The SMILES string of the molecule is CC(C)CC(=O)C1=C(O)C(=O)N(c2ccc(Nc3ccccc3)cc2)C1c1ccc(O)cc1. The molecule has 0 saturated carbocycles. The van der Waals surface area contributed by atoms with Gasteiger partial charge in [0.05, 0.1) is 11.6 Å². The summed E-state index contributed by atoms with van der Waals surface area (Å²) < 4.78 is 0. The molecule has 0 saturated heterocycles. The third-order valence-electron chi connectivity index (χ3n) is 5.52. The van der Waals surface area contributed by atoms with E-state index < -0.39 is 17.7 Å². The Bertz CT molecular complexity index is 1180. The van der Waals surface area contributed by atoms with Crippen LogP contribution in [0.2, 0.25) is 0 Å². The zero-order valence-corrected chi connectivity index (χ0v) is 18.5. The smallest absolute Gasteiger partial charge is 0.294 e. The number of hydrogen-bond donors (Lipinski definition) is 3. The van der Waals surface area contributed by atoms with Crippen molar-refractivity contribution in [1.29, 1.82) is 0 Å². The Kier molecular flexibility index (Phi) is 6.18. The Hall–Kier alpha value is -4.06. The predicted octanol–water partition coefficient (Wildman–Crippen LogP) is 5.65. The number of Topliss-reactive ketones (excluding diaryl/α,β-unsaturated/α-hetero) is 1. The number of anilines is 3. The lowest BCUT2D eigenvalue weighted by Crippen LogP contribution is -2.31. The molecule has 6 nitrogen and oxygen atoms in total. The Morgan fingerprint density at radius 3 is 2.12 bits per heavy atom. The highest BCUT2D eigenvalue weighted by atomic mass is 16.3. The van der Waals surface area contributed by atoms with Gasteiger partial charge in [-0.2, -0.15) is 0 Å². The average Bonchev–Trinajstić information content (AvgIpc) is 3.06. The molecule has 0 fully saturated rings. The molecule has 1 unspecified atom stereocenters. The van der Waals surface area contributed by atoms with Gasteiger partial charge in [-0.05, 0) is 60.0 Å². The maximum atomic E-state index is 13.1. The van der Waals surface area contributed by atoms with Crippen LogP contribution in [0.4, 0.5) is 17.1 Å². The monoisotopic (exact) mass is 442 g/mol. The standard InChI is InChI=1S/C27H26N2O4/c1-17(2)16-23(31)24-25(18-8-14-22(30)15-9-18)29(27(33)26(24)32)21-12-10-20(11-13-21)28-19-6-4-3-5-7-19/h3-15,17,25,28,30,32H,16H2,1-2H3. The molecule has 4 rings (SSSR count). The largest absolute Gasteiger partial charge is 0.508 e. The normalized spacial score (nSPS) is 15.9. The van der Waals surface area contributed by atoms with Gasteiger partial charge in [0.2, 0.25) is 0 Å². The number of aliphatic hydroxyl groups excluding tert-OH is 1. The molecule has 1 aliphatic heterocycles. The summed E-state index contributed by atoms with van der Waals surface area (Å²) in [6.45, 7) is 3.83. The van der Waals surface area contributed by atoms with Crippen LogP contribution in [0, 0.1) is 5.92 Å². The second-order valence-electron chi connectivity index (χ2n) is 8.49. The number of amides is 1. The second-order valence-corrected chi connectivity index (χ2v) is 8.49.